The van der Waals surface area contributed by atoms with Gasteiger partial charge in [-0.2, -0.15) is 4.31 Å². The molecular formula is C14H12ClN3O2S2. The van der Waals surface area contributed by atoms with Gasteiger partial charge in [-0.05, 0) is 24.3 Å². The van der Waals surface area contributed by atoms with Gasteiger partial charge >= 0.3 is 0 Å². The minimum Gasteiger partial charge on any atom is -0.243 e. The molecule has 0 aliphatic heterocycles. The lowest BCUT2D eigenvalue weighted by Gasteiger charge is -2.15. The van der Waals surface area contributed by atoms with E-state index < -0.39 is 10.0 Å². The van der Waals surface area contributed by atoms with Gasteiger partial charge < -0.3 is 0 Å². The predicted molar refractivity (Wildman–Crippen MR) is 87.5 cm³/mol. The number of thiazole rings is 1. The highest BCUT2D eigenvalue weighted by Gasteiger charge is 2.22. The molecule has 0 saturated carbocycles. The summed E-state index contributed by atoms with van der Waals surface area (Å²) in [6, 6.07) is 10.6. The van der Waals surface area contributed by atoms with Crippen molar-refractivity contribution in [1.82, 2.24) is 14.3 Å². The van der Waals surface area contributed by atoms with Gasteiger partial charge in [0.2, 0.25) is 10.0 Å². The van der Waals surface area contributed by atoms with E-state index in [9.17, 15) is 8.42 Å². The number of hydrogen-bond acceptors (Lipinski definition) is 5. The molecule has 0 fully saturated rings. The van der Waals surface area contributed by atoms with E-state index in [1.54, 1.807) is 0 Å². The maximum atomic E-state index is 12.5. The van der Waals surface area contributed by atoms with Gasteiger partial charge in [0, 0.05) is 13.2 Å². The van der Waals surface area contributed by atoms with Crippen molar-refractivity contribution < 1.29 is 8.42 Å². The third-order valence-electron chi connectivity index (χ3n) is 3.10. The van der Waals surface area contributed by atoms with Gasteiger partial charge in [-0.3, -0.25) is 0 Å². The lowest BCUT2D eigenvalue weighted by molar-refractivity contribution is 0.466. The fourth-order valence-corrected chi connectivity index (χ4v) is 4.25. The summed E-state index contributed by atoms with van der Waals surface area (Å²) in [5, 5.41) is 1.00. The van der Waals surface area contributed by atoms with Crippen LogP contribution in [0.5, 0.6) is 0 Å². The number of para-hydroxylation sites is 1. The second kappa shape index (κ2) is 5.92. The average molecular weight is 354 g/mol. The van der Waals surface area contributed by atoms with Crippen molar-refractivity contribution in [3.05, 3.63) is 52.8 Å². The van der Waals surface area contributed by atoms with E-state index in [0.717, 1.165) is 15.2 Å². The van der Waals surface area contributed by atoms with Crippen LogP contribution in [0.2, 0.25) is 5.15 Å². The van der Waals surface area contributed by atoms with Crippen LogP contribution in [-0.4, -0.2) is 29.7 Å². The molecule has 0 spiro atoms. The van der Waals surface area contributed by atoms with Crippen LogP contribution in [0.25, 0.3) is 10.2 Å². The molecule has 1 aromatic carbocycles. The summed E-state index contributed by atoms with van der Waals surface area (Å²) < 4.78 is 27.3. The number of aromatic nitrogens is 2. The van der Waals surface area contributed by atoms with E-state index in [2.05, 4.69) is 9.97 Å². The molecule has 0 aliphatic carbocycles. The van der Waals surface area contributed by atoms with Crippen LogP contribution in [0.15, 0.2) is 47.5 Å². The lowest BCUT2D eigenvalue weighted by atomic mass is 10.3. The molecule has 2 heterocycles. The van der Waals surface area contributed by atoms with Gasteiger partial charge in [-0.25, -0.2) is 18.4 Å². The molecule has 8 heteroatoms. The normalized spacial score (nSPS) is 12.1. The minimum atomic E-state index is -3.61. The Bertz CT molecular complexity index is 874. The Labute approximate surface area is 137 Å². The highest BCUT2D eigenvalue weighted by molar-refractivity contribution is 7.89. The van der Waals surface area contributed by atoms with Crippen molar-refractivity contribution in [3.63, 3.8) is 0 Å². The maximum absolute atomic E-state index is 12.5. The summed E-state index contributed by atoms with van der Waals surface area (Å²) in [7, 11) is -2.09. The van der Waals surface area contributed by atoms with Crippen LogP contribution in [0.1, 0.15) is 5.01 Å². The topological polar surface area (TPSA) is 63.2 Å². The number of halogens is 1. The largest absolute Gasteiger partial charge is 0.244 e. The van der Waals surface area contributed by atoms with E-state index in [1.807, 2.05) is 24.3 Å². The SMILES string of the molecule is CN(Cc1nc2ccccc2s1)S(=O)(=O)c1ccc(Cl)nc1. The number of rotatable bonds is 4. The number of hydrogen-bond donors (Lipinski definition) is 0. The van der Waals surface area contributed by atoms with Gasteiger partial charge in [0.15, 0.2) is 0 Å². The maximum Gasteiger partial charge on any atom is 0.244 e. The standard InChI is InChI=1S/C14H12ClN3O2S2/c1-18(22(19,20)10-6-7-13(15)16-8-10)9-14-17-11-4-2-3-5-12(11)21-14/h2-8H,9H2,1H3. The highest BCUT2D eigenvalue weighted by atomic mass is 35.5. The molecule has 0 unspecified atom stereocenters. The Morgan fingerprint density at radius 2 is 2.00 bits per heavy atom. The van der Waals surface area contributed by atoms with E-state index in [4.69, 9.17) is 11.6 Å². The molecule has 0 bridgehead atoms. The molecule has 3 rings (SSSR count). The molecule has 2 aromatic heterocycles. The van der Waals surface area contributed by atoms with Crippen LogP contribution >= 0.6 is 22.9 Å². The number of fused-ring (bicyclic) bond motifs is 1. The fourth-order valence-electron chi connectivity index (χ4n) is 1.96. The smallest absolute Gasteiger partial charge is 0.243 e. The summed E-state index contributed by atoms with van der Waals surface area (Å²) in [5.74, 6) is 0. The van der Waals surface area contributed by atoms with Crippen molar-refractivity contribution in [1.29, 1.82) is 0 Å². The Hall–Kier alpha value is -1.54. The van der Waals surface area contributed by atoms with E-state index >= 15 is 0 Å². The molecule has 0 aliphatic rings. The molecule has 0 radical (unpaired) electrons. The molecule has 22 heavy (non-hydrogen) atoms. The zero-order valence-corrected chi connectivity index (χ0v) is 14.0. The summed E-state index contributed by atoms with van der Waals surface area (Å²) >= 11 is 7.17. The monoisotopic (exact) mass is 353 g/mol. The Balaban J connectivity index is 1.86. The number of benzene rings is 1. The molecule has 0 saturated heterocycles. The number of pyridine rings is 1. The van der Waals surface area contributed by atoms with E-state index in [1.165, 1.54) is 41.0 Å². The first-order valence-electron chi connectivity index (χ1n) is 6.39. The second-order valence-corrected chi connectivity index (χ2v) is 8.20. The van der Waals surface area contributed by atoms with Gasteiger partial charge in [-0.15, -0.1) is 11.3 Å². The van der Waals surface area contributed by atoms with Crippen molar-refractivity contribution in [2.24, 2.45) is 0 Å². The molecule has 114 valence electrons. The summed E-state index contributed by atoms with van der Waals surface area (Å²) in [6.45, 7) is 0.213. The van der Waals surface area contributed by atoms with Crippen LogP contribution in [0.4, 0.5) is 0 Å². The highest BCUT2D eigenvalue weighted by Crippen LogP contribution is 2.24. The Morgan fingerprint density at radius 1 is 1.23 bits per heavy atom. The van der Waals surface area contributed by atoms with Gasteiger partial charge in [0.1, 0.15) is 15.1 Å². The number of nitrogens with zero attached hydrogens (tertiary/aromatic N) is 3. The fraction of sp³-hybridized carbons (Fsp3) is 0.143. The number of sulfonamides is 1. The van der Waals surface area contributed by atoms with Crippen molar-refractivity contribution in [2.45, 2.75) is 11.4 Å². The quantitative estimate of drug-likeness (QED) is 0.676. The zero-order chi connectivity index (χ0) is 15.7. The zero-order valence-electron chi connectivity index (χ0n) is 11.6. The van der Waals surface area contributed by atoms with Crippen LogP contribution in [0, 0.1) is 0 Å². The second-order valence-electron chi connectivity index (χ2n) is 4.65. The third-order valence-corrected chi connectivity index (χ3v) is 6.14. The average Bonchev–Trinajstić information content (AvgIpc) is 2.89. The molecule has 0 atom stereocenters. The summed E-state index contributed by atoms with van der Waals surface area (Å²) in [5.41, 5.74) is 0.876. The van der Waals surface area contributed by atoms with Crippen LogP contribution in [-0.2, 0) is 16.6 Å². The first-order chi connectivity index (χ1) is 10.5. The van der Waals surface area contributed by atoms with Gasteiger partial charge in [-0.1, -0.05) is 23.7 Å². The van der Waals surface area contributed by atoms with Crippen molar-refractivity contribution >= 4 is 43.2 Å². The van der Waals surface area contributed by atoms with Crippen LogP contribution < -0.4 is 0 Å². The molecule has 5 nitrogen and oxygen atoms in total. The molecule has 0 N–H and O–H groups in total. The molecule has 3 aromatic rings. The third kappa shape index (κ3) is 2.98. The van der Waals surface area contributed by atoms with E-state index in [0.29, 0.717) is 0 Å². The minimum absolute atomic E-state index is 0.112. The van der Waals surface area contributed by atoms with Gasteiger partial charge in [0.25, 0.3) is 0 Å². The Morgan fingerprint density at radius 3 is 2.68 bits per heavy atom. The summed E-state index contributed by atoms with van der Waals surface area (Å²) in [4.78, 5) is 8.38. The lowest BCUT2D eigenvalue weighted by Crippen LogP contribution is -2.26. The van der Waals surface area contributed by atoms with Crippen molar-refractivity contribution in [2.75, 3.05) is 7.05 Å². The molecular weight excluding hydrogens is 342 g/mol. The first-order valence-corrected chi connectivity index (χ1v) is 9.02. The van der Waals surface area contributed by atoms with E-state index in [-0.39, 0.29) is 16.6 Å². The van der Waals surface area contributed by atoms with Crippen molar-refractivity contribution in [3.8, 4) is 0 Å². The molecule has 0 amide bonds. The first kappa shape index (κ1) is 15.4. The Kier molecular flexibility index (Phi) is 4.14. The van der Waals surface area contributed by atoms with Gasteiger partial charge in [0.05, 0.1) is 16.8 Å². The van der Waals surface area contributed by atoms with Crippen LogP contribution in [0.3, 0.4) is 0 Å². The predicted octanol–water partition coefficient (Wildman–Crippen LogP) is 3.17. The summed E-state index contributed by atoms with van der Waals surface area (Å²) in [6.07, 6.45) is 1.26.